The van der Waals surface area contributed by atoms with E-state index in [1.165, 1.54) is 43.4 Å². The third-order valence-electron chi connectivity index (χ3n) is 4.80. The number of hydrogen-bond donors (Lipinski definition) is 2. The van der Waals surface area contributed by atoms with Crippen LogP contribution in [0.2, 0.25) is 0 Å². The standard InChI is InChI=1S/C15H19N3/c1-10-17-13-3-2-11(6-14(13)18-10)12-4-5-15(7-12)8-16-9-15/h2-3,6,12,16H,4-5,7-9H2,1H3,(H,17,18). The van der Waals surface area contributed by atoms with E-state index < -0.39 is 0 Å². The molecule has 0 bridgehead atoms. The van der Waals surface area contributed by atoms with Gasteiger partial charge in [-0.15, -0.1) is 0 Å². The largest absolute Gasteiger partial charge is 0.342 e. The SMILES string of the molecule is Cc1nc2ccc(C3CCC4(CNC4)C3)cc2[nH]1. The minimum absolute atomic E-state index is 0.628. The Morgan fingerprint density at radius 1 is 1.33 bits per heavy atom. The van der Waals surface area contributed by atoms with E-state index in [-0.39, 0.29) is 0 Å². The van der Waals surface area contributed by atoms with Crippen molar-refractivity contribution in [3.63, 3.8) is 0 Å². The highest BCUT2D eigenvalue weighted by atomic mass is 15.0. The van der Waals surface area contributed by atoms with Crippen LogP contribution in [0.15, 0.2) is 18.2 Å². The van der Waals surface area contributed by atoms with E-state index >= 15 is 0 Å². The highest BCUT2D eigenvalue weighted by Gasteiger charge is 2.43. The van der Waals surface area contributed by atoms with E-state index in [4.69, 9.17) is 0 Å². The average molecular weight is 241 g/mol. The number of hydrogen-bond acceptors (Lipinski definition) is 2. The summed E-state index contributed by atoms with van der Waals surface area (Å²) in [5.74, 6) is 1.76. The zero-order valence-electron chi connectivity index (χ0n) is 10.8. The van der Waals surface area contributed by atoms with Gasteiger partial charge in [0, 0.05) is 13.1 Å². The van der Waals surface area contributed by atoms with E-state index in [2.05, 4.69) is 33.5 Å². The van der Waals surface area contributed by atoms with Crippen molar-refractivity contribution >= 4 is 11.0 Å². The van der Waals surface area contributed by atoms with Gasteiger partial charge in [-0.05, 0) is 55.2 Å². The van der Waals surface area contributed by atoms with Crippen LogP contribution in [0.4, 0.5) is 0 Å². The van der Waals surface area contributed by atoms with Crippen molar-refractivity contribution in [2.45, 2.75) is 32.1 Å². The summed E-state index contributed by atoms with van der Waals surface area (Å²) in [6, 6.07) is 6.75. The molecule has 1 saturated heterocycles. The zero-order chi connectivity index (χ0) is 12.2. The van der Waals surface area contributed by atoms with Crippen molar-refractivity contribution in [3.05, 3.63) is 29.6 Å². The molecule has 0 amide bonds. The maximum atomic E-state index is 4.47. The molecule has 1 aromatic heterocycles. The minimum atomic E-state index is 0.628. The van der Waals surface area contributed by atoms with Gasteiger partial charge in [-0.1, -0.05) is 6.07 Å². The van der Waals surface area contributed by atoms with Gasteiger partial charge < -0.3 is 10.3 Å². The molecule has 1 spiro atoms. The van der Waals surface area contributed by atoms with Crippen LogP contribution in [0.5, 0.6) is 0 Å². The normalized spacial score (nSPS) is 25.7. The molecular formula is C15H19N3. The number of H-pyrrole nitrogens is 1. The predicted molar refractivity (Wildman–Crippen MR) is 72.7 cm³/mol. The lowest BCUT2D eigenvalue weighted by Gasteiger charge is -2.39. The Bertz CT molecular complexity index is 595. The van der Waals surface area contributed by atoms with Crippen molar-refractivity contribution in [1.82, 2.24) is 15.3 Å². The Morgan fingerprint density at radius 3 is 2.94 bits per heavy atom. The number of nitrogens with one attached hydrogen (secondary N) is 2. The topological polar surface area (TPSA) is 40.7 Å². The molecule has 3 nitrogen and oxygen atoms in total. The molecule has 1 aliphatic heterocycles. The number of nitrogens with zero attached hydrogens (tertiary/aromatic N) is 1. The third-order valence-corrected chi connectivity index (χ3v) is 4.80. The summed E-state index contributed by atoms with van der Waals surface area (Å²) in [5, 5.41) is 3.43. The highest BCUT2D eigenvalue weighted by Crippen LogP contribution is 2.48. The van der Waals surface area contributed by atoms with Gasteiger partial charge in [0.1, 0.15) is 5.82 Å². The molecule has 1 aliphatic carbocycles. The number of aromatic nitrogens is 2. The monoisotopic (exact) mass is 241 g/mol. The minimum Gasteiger partial charge on any atom is -0.342 e. The van der Waals surface area contributed by atoms with Crippen molar-refractivity contribution in [3.8, 4) is 0 Å². The van der Waals surface area contributed by atoms with Gasteiger partial charge in [0.05, 0.1) is 11.0 Å². The second-order valence-corrected chi connectivity index (χ2v) is 6.14. The van der Waals surface area contributed by atoms with E-state index in [0.29, 0.717) is 5.41 Å². The van der Waals surface area contributed by atoms with Gasteiger partial charge in [-0.25, -0.2) is 4.98 Å². The van der Waals surface area contributed by atoms with Gasteiger partial charge in [0.2, 0.25) is 0 Å². The van der Waals surface area contributed by atoms with E-state index in [1.54, 1.807) is 0 Å². The van der Waals surface area contributed by atoms with Crippen LogP contribution < -0.4 is 5.32 Å². The molecule has 0 radical (unpaired) electrons. The molecule has 2 N–H and O–H groups in total. The van der Waals surface area contributed by atoms with Crippen LogP contribution in [-0.4, -0.2) is 23.1 Å². The predicted octanol–water partition coefficient (Wildman–Crippen LogP) is 2.73. The summed E-state index contributed by atoms with van der Waals surface area (Å²) in [5.41, 5.74) is 4.41. The Kier molecular flexibility index (Phi) is 2.10. The maximum Gasteiger partial charge on any atom is 0.104 e. The van der Waals surface area contributed by atoms with Gasteiger partial charge in [-0.2, -0.15) is 0 Å². The summed E-state index contributed by atoms with van der Waals surface area (Å²) in [6.07, 6.45) is 4.10. The molecule has 1 aromatic carbocycles. The first kappa shape index (κ1) is 10.6. The quantitative estimate of drug-likeness (QED) is 0.806. The molecule has 1 unspecified atom stereocenters. The van der Waals surface area contributed by atoms with Crippen molar-refractivity contribution in [2.75, 3.05) is 13.1 Å². The summed E-state index contributed by atoms with van der Waals surface area (Å²) < 4.78 is 0. The molecule has 1 atom stereocenters. The molecule has 18 heavy (non-hydrogen) atoms. The number of aromatic amines is 1. The smallest absolute Gasteiger partial charge is 0.104 e. The molecule has 2 aromatic rings. The lowest BCUT2D eigenvalue weighted by molar-refractivity contribution is 0.175. The van der Waals surface area contributed by atoms with Crippen molar-refractivity contribution in [1.29, 1.82) is 0 Å². The Balaban J connectivity index is 1.66. The van der Waals surface area contributed by atoms with E-state index in [0.717, 1.165) is 17.3 Å². The number of imidazole rings is 1. The van der Waals surface area contributed by atoms with Crippen LogP contribution in [0.1, 0.15) is 36.6 Å². The fourth-order valence-corrected chi connectivity index (χ4v) is 3.70. The van der Waals surface area contributed by atoms with Crippen LogP contribution in [0.3, 0.4) is 0 Å². The first-order chi connectivity index (χ1) is 8.74. The number of fused-ring (bicyclic) bond motifs is 1. The Labute approximate surface area is 107 Å². The van der Waals surface area contributed by atoms with Gasteiger partial charge in [0.25, 0.3) is 0 Å². The van der Waals surface area contributed by atoms with Crippen LogP contribution >= 0.6 is 0 Å². The summed E-state index contributed by atoms with van der Waals surface area (Å²) in [6.45, 7) is 4.48. The highest BCUT2D eigenvalue weighted by molar-refractivity contribution is 5.76. The second kappa shape index (κ2) is 3.58. The average Bonchev–Trinajstić information content (AvgIpc) is 2.88. The first-order valence-corrected chi connectivity index (χ1v) is 6.91. The van der Waals surface area contributed by atoms with Gasteiger partial charge in [-0.3, -0.25) is 0 Å². The summed E-state index contributed by atoms with van der Waals surface area (Å²) >= 11 is 0. The zero-order valence-corrected chi connectivity index (χ0v) is 10.8. The number of benzene rings is 1. The Hall–Kier alpha value is -1.35. The maximum absolute atomic E-state index is 4.47. The third kappa shape index (κ3) is 1.50. The summed E-state index contributed by atoms with van der Waals surface area (Å²) in [7, 11) is 0. The van der Waals surface area contributed by atoms with Gasteiger partial charge >= 0.3 is 0 Å². The molecule has 2 fully saturated rings. The van der Waals surface area contributed by atoms with Gasteiger partial charge in [0.15, 0.2) is 0 Å². The van der Waals surface area contributed by atoms with E-state index in [9.17, 15) is 0 Å². The molecule has 94 valence electrons. The molecule has 2 aliphatic rings. The second-order valence-electron chi connectivity index (χ2n) is 6.14. The number of rotatable bonds is 1. The molecule has 1 saturated carbocycles. The fourth-order valence-electron chi connectivity index (χ4n) is 3.70. The van der Waals surface area contributed by atoms with Crippen molar-refractivity contribution < 1.29 is 0 Å². The van der Waals surface area contributed by atoms with E-state index in [1.807, 2.05) is 6.92 Å². The molecule has 2 heterocycles. The Morgan fingerprint density at radius 2 is 2.22 bits per heavy atom. The lowest BCUT2D eigenvalue weighted by Crippen LogP contribution is -2.51. The molecular weight excluding hydrogens is 222 g/mol. The van der Waals surface area contributed by atoms with Crippen LogP contribution in [-0.2, 0) is 0 Å². The van der Waals surface area contributed by atoms with Crippen molar-refractivity contribution in [2.24, 2.45) is 5.41 Å². The van der Waals surface area contributed by atoms with Crippen LogP contribution in [0, 0.1) is 12.3 Å². The first-order valence-electron chi connectivity index (χ1n) is 6.91. The molecule has 4 rings (SSSR count). The summed E-state index contributed by atoms with van der Waals surface area (Å²) in [4.78, 5) is 7.82. The fraction of sp³-hybridized carbons (Fsp3) is 0.533. The molecule has 3 heteroatoms. The van der Waals surface area contributed by atoms with Crippen LogP contribution in [0.25, 0.3) is 11.0 Å². The number of aryl methyl sites for hydroxylation is 1. The lowest BCUT2D eigenvalue weighted by atomic mass is 9.79.